The molecule has 26 heavy (non-hydrogen) atoms. The Bertz CT molecular complexity index is 586. The summed E-state index contributed by atoms with van der Waals surface area (Å²) in [6.45, 7) is 2.45. The fraction of sp³-hybridized carbons (Fsp3) is 0.955. The number of fused-ring (bicyclic) bond motifs is 7. The molecule has 0 aromatic carbocycles. The fourth-order valence-electron chi connectivity index (χ4n) is 8.81. The van der Waals surface area contributed by atoms with Crippen molar-refractivity contribution in [3.05, 3.63) is 0 Å². The Labute approximate surface area is 154 Å². The van der Waals surface area contributed by atoms with Gasteiger partial charge in [-0.15, -0.1) is 0 Å². The van der Waals surface area contributed by atoms with Crippen molar-refractivity contribution < 1.29 is 18.0 Å². The van der Waals surface area contributed by atoms with Gasteiger partial charge in [-0.2, -0.15) is 13.2 Å². The van der Waals surface area contributed by atoms with E-state index < -0.39 is 12.1 Å². The molecule has 5 fully saturated rings. The minimum absolute atomic E-state index is 0.308. The Morgan fingerprint density at radius 2 is 1.69 bits per heavy atom. The Morgan fingerprint density at radius 1 is 0.923 bits per heavy atom. The Balaban J connectivity index is 1.36. The van der Waals surface area contributed by atoms with Crippen molar-refractivity contribution in [1.29, 1.82) is 0 Å². The maximum atomic E-state index is 13.2. The quantitative estimate of drug-likeness (QED) is 0.556. The van der Waals surface area contributed by atoms with Crippen molar-refractivity contribution in [3.8, 4) is 0 Å². The first kappa shape index (κ1) is 17.6. The van der Waals surface area contributed by atoms with E-state index in [0.29, 0.717) is 41.9 Å². The maximum absolute atomic E-state index is 13.2. The van der Waals surface area contributed by atoms with Crippen LogP contribution in [-0.2, 0) is 4.79 Å². The normalized spacial score (nSPS) is 55.3. The summed E-state index contributed by atoms with van der Waals surface area (Å²) in [5, 5.41) is 0. The summed E-state index contributed by atoms with van der Waals surface area (Å²) >= 11 is 0. The summed E-state index contributed by atoms with van der Waals surface area (Å²) in [6, 6.07) is 0. The van der Waals surface area contributed by atoms with Crippen LogP contribution in [-0.4, -0.2) is 12.5 Å². The van der Waals surface area contributed by atoms with Gasteiger partial charge < -0.3 is 4.79 Å². The molecule has 0 radical (unpaired) electrons. The third kappa shape index (κ3) is 2.38. The van der Waals surface area contributed by atoms with Crippen LogP contribution in [0, 0.1) is 58.7 Å². The van der Waals surface area contributed by atoms with E-state index in [-0.39, 0.29) is 0 Å². The fourth-order valence-corrected chi connectivity index (χ4v) is 8.81. The van der Waals surface area contributed by atoms with Crippen LogP contribution >= 0.6 is 0 Å². The molecule has 0 bridgehead atoms. The molecule has 5 saturated carbocycles. The van der Waals surface area contributed by atoms with Gasteiger partial charge in [-0.1, -0.05) is 6.92 Å². The van der Waals surface area contributed by atoms with E-state index in [9.17, 15) is 18.0 Å². The number of hydrogen-bond acceptors (Lipinski definition) is 1. The molecule has 4 unspecified atom stereocenters. The maximum Gasteiger partial charge on any atom is 0.391 e. The highest BCUT2D eigenvalue weighted by molar-refractivity contribution is 5.51. The molecule has 0 aromatic rings. The van der Waals surface area contributed by atoms with E-state index in [1.165, 1.54) is 19.3 Å². The number of halogens is 3. The van der Waals surface area contributed by atoms with Gasteiger partial charge >= 0.3 is 6.18 Å². The third-order valence-corrected chi connectivity index (χ3v) is 9.78. The van der Waals surface area contributed by atoms with E-state index >= 15 is 0 Å². The van der Waals surface area contributed by atoms with Gasteiger partial charge in [-0.3, -0.25) is 0 Å². The van der Waals surface area contributed by atoms with Gasteiger partial charge in [0.2, 0.25) is 0 Å². The molecule has 1 nitrogen and oxygen atoms in total. The minimum atomic E-state index is -4.00. The molecule has 146 valence electrons. The summed E-state index contributed by atoms with van der Waals surface area (Å²) in [7, 11) is 0. The van der Waals surface area contributed by atoms with Crippen molar-refractivity contribution in [3.63, 3.8) is 0 Å². The molecule has 5 aliphatic carbocycles. The van der Waals surface area contributed by atoms with Crippen LogP contribution < -0.4 is 0 Å². The molecule has 4 heteroatoms. The Hall–Kier alpha value is -0.540. The Morgan fingerprint density at radius 3 is 2.42 bits per heavy atom. The van der Waals surface area contributed by atoms with Crippen LogP contribution in [0.2, 0.25) is 0 Å². The molecule has 0 heterocycles. The van der Waals surface area contributed by atoms with E-state index in [4.69, 9.17) is 0 Å². The number of carbonyl (C=O) groups excluding carboxylic acids is 1. The molecule has 0 aromatic heterocycles. The molecule has 10 atom stereocenters. The predicted molar refractivity (Wildman–Crippen MR) is 93.2 cm³/mol. The van der Waals surface area contributed by atoms with Crippen LogP contribution in [0.3, 0.4) is 0 Å². The monoisotopic (exact) mass is 368 g/mol. The van der Waals surface area contributed by atoms with Crippen LogP contribution in [0.1, 0.15) is 64.7 Å². The molecule has 5 rings (SSSR count). The molecule has 0 spiro atoms. The van der Waals surface area contributed by atoms with Crippen LogP contribution in [0.25, 0.3) is 0 Å². The van der Waals surface area contributed by atoms with E-state index in [2.05, 4.69) is 6.92 Å². The number of carbonyl (C=O) groups is 1. The number of hydrogen-bond donors (Lipinski definition) is 0. The summed E-state index contributed by atoms with van der Waals surface area (Å²) < 4.78 is 39.6. The summed E-state index contributed by atoms with van der Waals surface area (Å²) in [6.07, 6.45) is 5.28. The lowest BCUT2D eigenvalue weighted by atomic mass is 9.48. The second-order valence-corrected chi connectivity index (χ2v) is 10.5. The molecule has 0 amide bonds. The topological polar surface area (TPSA) is 17.1 Å². The molecule has 0 saturated heterocycles. The zero-order valence-electron chi connectivity index (χ0n) is 15.7. The van der Waals surface area contributed by atoms with Gasteiger partial charge in [0, 0.05) is 6.42 Å². The molecular weight excluding hydrogens is 337 g/mol. The van der Waals surface area contributed by atoms with Crippen LogP contribution in [0.15, 0.2) is 0 Å². The summed E-state index contributed by atoms with van der Waals surface area (Å²) in [4.78, 5) is 11.2. The number of rotatable bonds is 2. The highest BCUT2D eigenvalue weighted by Gasteiger charge is 2.69. The van der Waals surface area contributed by atoms with Crippen molar-refractivity contribution in [2.45, 2.75) is 70.9 Å². The van der Waals surface area contributed by atoms with Gasteiger partial charge in [0.25, 0.3) is 0 Å². The summed E-state index contributed by atoms with van der Waals surface area (Å²) in [5.41, 5.74) is 0.325. The first-order chi connectivity index (χ1) is 12.3. The van der Waals surface area contributed by atoms with E-state index in [0.717, 1.165) is 55.6 Å². The van der Waals surface area contributed by atoms with Crippen molar-refractivity contribution >= 4 is 6.29 Å². The molecule has 0 N–H and O–H groups in total. The van der Waals surface area contributed by atoms with Gasteiger partial charge in [-0.05, 0) is 104 Å². The highest BCUT2D eigenvalue weighted by atomic mass is 19.4. The zero-order valence-corrected chi connectivity index (χ0v) is 15.7. The number of aldehydes is 1. The molecule has 0 aliphatic heterocycles. The lowest BCUT2D eigenvalue weighted by Gasteiger charge is -2.57. The van der Waals surface area contributed by atoms with Crippen LogP contribution in [0.5, 0.6) is 0 Å². The SMILES string of the molecule is C[C@]12CCC3[C@@H](CC[C@@H]4CC(C(F)(F)F)CC[C@H]34)C1[C@@H]1C[C@@H]1C2CC=O. The van der Waals surface area contributed by atoms with Crippen LogP contribution in [0.4, 0.5) is 13.2 Å². The van der Waals surface area contributed by atoms with Crippen molar-refractivity contribution in [1.82, 2.24) is 0 Å². The second-order valence-electron chi connectivity index (χ2n) is 10.5. The zero-order chi connectivity index (χ0) is 18.3. The first-order valence-corrected chi connectivity index (χ1v) is 10.8. The first-order valence-electron chi connectivity index (χ1n) is 10.8. The average molecular weight is 368 g/mol. The predicted octanol–water partition coefficient (Wildman–Crippen LogP) is 5.88. The van der Waals surface area contributed by atoms with Crippen molar-refractivity contribution in [2.75, 3.05) is 0 Å². The van der Waals surface area contributed by atoms with Gasteiger partial charge in [0.1, 0.15) is 6.29 Å². The van der Waals surface area contributed by atoms with E-state index in [1.54, 1.807) is 0 Å². The largest absolute Gasteiger partial charge is 0.391 e. The molecule has 5 aliphatic rings. The van der Waals surface area contributed by atoms with E-state index in [1.807, 2.05) is 0 Å². The highest BCUT2D eigenvalue weighted by Crippen LogP contribution is 2.75. The Kier molecular flexibility index (Phi) is 3.87. The lowest BCUT2D eigenvalue weighted by Crippen LogP contribution is -2.50. The minimum Gasteiger partial charge on any atom is -0.303 e. The lowest BCUT2D eigenvalue weighted by molar-refractivity contribution is -0.196. The second kappa shape index (κ2) is 5.73. The standard InChI is InChI=1S/C22H31F3O/c1-21-8-6-15-14-5-3-13(22(23,24)25)10-12(14)2-4-16(15)20(21)18-11-17(18)19(21)7-9-26/h9,12-20H,2-8,10-11H2,1H3/t12-,13?,14+,15?,16-,17+,18-,19?,20?,21-/m1/s1. The van der Waals surface area contributed by atoms with Gasteiger partial charge in [0.15, 0.2) is 0 Å². The van der Waals surface area contributed by atoms with Gasteiger partial charge in [-0.25, -0.2) is 0 Å². The third-order valence-electron chi connectivity index (χ3n) is 9.78. The van der Waals surface area contributed by atoms with Crippen molar-refractivity contribution in [2.24, 2.45) is 58.7 Å². The number of alkyl halides is 3. The average Bonchev–Trinajstić information content (AvgIpc) is 3.32. The molecular formula is C22H31F3O. The summed E-state index contributed by atoms with van der Waals surface area (Å²) in [5.74, 6) is 4.11. The smallest absolute Gasteiger partial charge is 0.303 e. The van der Waals surface area contributed by atoms with Gasteiger partial charge in [0.05, 0.1) is 5.92 Å².